The van der Waals surface area contributed by atoms with Crippen molar-refractivity contribution >= 4 is 27.5 Å². The molecule has 188 valence electrons. The topological polar surface area (TPSA) is 112 Å². The van der Waals surface area contributed by atoms with Crippen molar-refractivity contribution in [2.75, 3.05) is 45.1 Å². The van der Waals surface area contributed by atoms with Crippen molar-refractivity contribution in [2.24, 2.45) is 0 Å². The zero-order valence-electron chi connectivity index (χ0n) is 19.8. The summed E-state index contributed by atoms with van der Waals surface area (Å²) in [5, 5.41) is 0. The van der Waals surface area contributed by atoms with E-state index in [0.717, 1.165) is 6.42 Å². The number of ether oxygens (including phenoxy) is 4. The maximum Gasteiger partial charge on any atom is 0.416 e. The number of anilines is 1. The molecule has 0 bridgehead atoms. The first-order valence-corrected chi connectivity index (χ1v) is 12.8. The molecule has 0 aliphatic carbocycles. The van der Waals surface area contributed by atoms with Gasteiger partial charge >= 0.3 is 6.09 Å². The minimum absolute atomic E-state index is 0.148. The van der Waals surface area contributed by atoms with E-state index in [0.29, 0.717) is 24.5 Å². The number of carbonyl (C=O) groups is 2. The molecule has 0 aromatic heterocycles. The number of nitrogens with zero attached hydrogens (tertiary/aromatic N) is 2. The third-order valence-electron chi connectivity index (χ3n) is 6.25. The Bertz CT molecular complexity index is 1200. The van der Waals surface area contributed by atoms with E-state index in [9.17, 15) is 18.0 Å². The van der Waals surface area contributed by atoms with Gasteiger partial charge in [-0.05, 0) is 31.0 Å². The van der Waals surface area contributed by atoms with Gasteiger partial charge in [0.2, 0.25) is 0 Å². The lowest BCUT2D eigenvalue weighted by atomic mass is 10.1. The highest BCUT2D eigenvalue weighted by Gasteiger charge is 2.46. The van der Waals surface area contributed by atoms with Crippen LogP contribution in [-0.2, 0) is 19.3 Å². The number of sulfone groups is 1. The summed E-state index contributed by atoms with van der Waals surface area (Å²) < 4.78 is 47.1. The van der Waals surface area contributed by atoms with E-state index in [4.69, 9.17) is 18.9 Å². The van der Waals surface area contributed by atoms with Crippen LogP contribution in [0.2, 0.25) is 0 Å². The highest BCUT2D eigenvalue weighted by atomic mass is 32.2. The number of benzene rings is 2. The molecule has 0 spiro atoms. The van der Waals surface area contributed by atoms with E-state index in [-0.39, 0.29) is 34.4 Å². The lowest BCUT2D eigenvalue weighted by Crippen LogP contribution is -2.52. The fourth-order valence-corrected chi connectivity index (χ4v) is 5.67. The molecule has 2 aliphatic rings. The quantitative estimate of drug-likeness (QED) is 0.566. The lowest BCUT2D eigenvalue weighted by Gasteiger charge is -2.34. The summed E-state index contributed by atoms with van der Waals surface area (Å²) in [4.78, 5) is 29.9. The van der Waals surface area contributed by atoms with E-state index in [1.54, 1.807) is 23.1 Å². The van der Waals surface area contributed by atoms with Gasteiger partial charge in [0.05, 0.1) is 42.2 Å². The fraction of sp³-hybridized carbons (Fsp3) is 0.417. The molecule has 0 N–H and O–H groups in total. The molecule has 2 aliphatic heterocycles. The minimum atomic E-state index is -3.64. The smallest absolute Gasteiger partial charge is 0.416 e. The Balaban J connectivity index is 1.67. The molecule has 2 aromatic carbocycles. The van der Waals surface area contributed by atoms with Crippen LogP contribution in [0.5, 0.6) is 11.5 Å². The first-order valence-electron chi connectivity index (χ1n) is 11.2. The van der Waals surface area contributed by atoms with Crippen LogP contribution in [0.1, 0.15) is 23.2 Å². The molecule has 1 saturated heterocycles. The van der Waals surface area contributed by atoms with Crippen LogP contribution in [0.4, 0.5) is 10.5 Å². The highest BCUT2D eigenvalue weighted by molar-refractivity contribution is 7.91. The number of fused-ring (bicyclic) bond motifs is 2. The fourth-order valence-electron chi connectivity index (χ4n) is 4.56. The Morgan fingerprint density at radius 2 is 1.74 bits per heavy atom. The van der Waals surface area contributed by atoms with Gasteiger partial charge in [0, 0.05) is 19.7 Å². The number of hydrogen-bond acceptors (Lipinski definition) is 8. The zero-order valence-corrected chi connectivity index (χ0v) is 20.6. The van der Waals surface area contributed by atoms with Gasteiger partial charge < -0.3 is 23.8 Å². The summed E-state index contributed by atoms with van der Waals surface area (Å²) in [5.74, 6) is 0.0167. The molecule has 4 rings (SSSR count). The maximum absolute atomic E-state index is 13.4. The van der Waals surface area contributed by atoms with E-state index in [2.05, 4.69) is 0 Å². The third kappa shape index (κ3) is 4.65. The zero-order chi connectivity index (χ0) is 25.2. The molecule has 0 saturated carbocycles. The van der Waals surface area contributed by atoms with Crippen molar-refractivity contribution in [3.63, 3.8) is 0 Å². The summed E-state index contributed by atoms with van der Waals surface area (Å²) >= 11 is 0. The molecule has 2 amide bonds. The Morgan fingerprint density at radius 1 is 1.06 bits per heavy atom. The SMILES string of the molecule is COc1cc2c(cc1OC)N(C(=O)OCCS(=O)(=O)c1ccccc1)C(OC)C1CCCN1C2=O. The van der Waals surface area contributed by atoms with Crippen molar-refractivity contribution in [3.05, 3.63) is 48.0 Å². The molecular formula is C24H28N2O8S. The van der Waals surface area contributed by atoms with E-state index >= 15 is 0 Å². The average molecular weight is 505 g/mol. The van der Waals surface area contributed by atoms with Gasteiger partial charge in [0.1, 0.15) is 6.61 Å². The van der Waals surface area contributed by atoms with Gasteiger partial charge in [0.15, 0.2) is 27.6 Å². The Morgan fingerprint density at radius 3 is 2.40 bits per heavy atom. The second kappa shape index (κ2) is 10.1. The van der Waals surface area contributed by atoms with E-state index < -0.39 is 28.2 Å². The highest BCUT2D eigenvalue weighted by Crippen LogP contribution is 2.41. The summed E-state index contributed by atoms with van der Waals surface area (Å²) in [5.41, 5.74) is 0.479. The third-order valence-corrected chi connectivity index (χ3v) is 7.95. The van der Waals surface area contributed by atoms with E-state index in [1.807, 2.05) is 0 Å². The van der Waals surface area contributed by atoms with E-state index in [1.165, 1.54) is 50.5 Å². The summed E-state index contributed by atoms with van der Waals surface area (Å²) in [6.07, 6.45) is -0.260. The largest absolute Gasteiger partial charge is 0.493 e. The number of methoxy groups -OCH3 is 3. The second-order valence-electron chi connectivity index (χ2n) is 8.18. The average Bonchev–Trinajstić information content (AvgIpc) is 3.32. The second-order valence-corrected chi connectivity index (χ2v) is 10.3. The standard InChI is InChI=1S/C24H28N2O8S/c1-31-20-14-17-19(15-21(20)32-2)26(23(33-3)18-10-7-11-25(18)22(17)27)24(28)34-12-13-35(29,30)16-8-5-4-6-9-16/h4-6,8-9,14-15,18,23H,7,10-13H2,1-3H3. The van der Waals surface area contributed by atoms with Crippen LogP contribution in [0.3, 0.4) is 0 Å². The van der Waals surface area contributed by atoms with Crippen LogP contribution in [-0.4, -0.2) is 77.8 Å². The molecule has 2 atom stereocenters. The van der Waals surface area contributed by atoms with Crippen molar-refractivity contribution in [1.29, 1.82) is 0 Å². The van der Waals surface area contributed by atoms with Gasteiger partial charge in [0.25, 0.3) is 5.91 Å². The molecule has 1 fully saturated rings. The van der Waals surface area contributed by atoms with Crippen LogP contribution in [0.25, 0.3) is 0 Å². The number of hydrogen-bond donors (Lipinski definition) is 0. The summed E-state index contributed by atoms with van der Waals surface area (Å²) in [6, 6.07) is 10.6. The van der Waals surface area contributed by atoms with Crippen LogP contribution in [0.15, 0.2) is 47.4 Å². The Hall–Kier alpha value is -3.31. The Kier molecular flexibility index (Phi) is 7.18. The van der Waals surface area contributed by atoms with Crippen LogP contribution in [0, 0.1) is 0 Å². The molecule has 35 heavy (non-hydrogen) atoms. The Labute approximate surface area is 204 Å². The first kappa shape index (κ1) is 24.8. The normalized spacial score (nSPS) is 19.6. The van der Waals surface area contributed by atoms with Gasteiger partial charge in [-0.1, -0.05) is 18.2 Å². The van der Waals surface area contributed by atoms with Gasteiger partial charge in [-0.2, -0.15) is 0 Å². The molecule has 0 radical (unpaired) electrons. The number of amides is 2. The van der Waals surface area contributed by atoms with Crippen LogP contribution >= 0.6 is 0 Å². The number of rotatable bonds is 7. The summed E-state index contributed by atoms with van der Waals surface area (Å²) in [7, 11) is 0.724. The molecule has 11 heteroatoms. The van der Waals surface area contributed by atoms with Crippen molar-refractivity contribution in [2.45, 2.75) is 30.0 Å². The number of carbonyl (C=O) groups excluding carboxylic acids is 2. The summed E-state index contributed by atoms with van der Waals surface area (Å²) in [6.45, 7) is 0.156. The van der Waals surface area contributed by atoms with Crippen LogP contribution < -0.4 is 14.4 Å². The van der Waals surface area contributed by atoms with Crippen molar-refractivity contribution in [1.82, 2.24) is 4.90 Å². The molecule has 2 unspecified atom stereocenters. The van der Waals surface area contributed by atoms with Gasteiger partial charge in [-0.3, -0.25) is 4.79 Å². The predicted octanol–water partition coefficient (Wildman–Crippen LogP) is 2.71. The minimum Gasteiger partial charge on any atom is -0.493 e. The molecule has 2 heterocycles. The maximum atomic E-state index is 13.4. The van der Waals surface area contributed by atoms with Gasteiger partial charge in [-0.15, -0.1) is 0 Å². The lowest BCUT2D eigenvalue weighted by molar-refractivity contribution is 0.0270. The molecule has 10 nitrogen and oxygen atoms in total. The monoisotopic (exact) mass is 504 g/mol. The molecular weight excluding hydrogens is 476 g/mol. The van der Waals surface area contributed by atoms with Crippen molar-refractivity contribution < 1.29 is 37.0 Å². The van der Waals surface area contributed by atoms with Crippen molar-refractivity contribution in [3.8, 4) is 11.5 Å². The van der Waals surface area contributed by atoms with Gasteiger partial charge in [-0.25, -0.2) is 18.1 Å². The predicted molar refractivity (Wildman–Crippen MR) is 127 cm³/mol. The first-order chi connectivity index (χ1) is 16.8. The molecule has 2 aromatic rings.